The van der Waals surface area contributed by atoms with Gasteiger partial charge < -0.3 is 19.9 Å². The Hall–Kier alpha value is -4.51. The fraction of sp³-hybridized carbons (Fsp3) is 0.160. The highest BCUT2D eigenvalue weighted by Crippen LogP contribution is 2.44. The van der Waals surface area contributed by atoms with E-state index in [1.807, 2.05) is 0 Å². The molecule has 1 atom stereocenters. The molecule has 1 aliphatic rings. The Bertz CT molecular complexity index is 1210. The molecule has 0 amide bonds. The van der Waals surface area contributed by atoms with Gasteiger partial charge in [0, 0.05) is 5.56 Å². The molecule has 8 heteroatoms. The number of carbonyl (C=O) groups is 2. The van der Waals surface area contributed by atoms with E-state index in [9.17, 15) is 14.9 Å². The summed E-state index contributed by atoms with van der Waals surface area (Å²) >= 11 is 0. The van der Waals surface area contributed by atoms with Crippen LogP contribution in [0.2, 0.25) is 0 Å². The molecule has 0 aromatic heterocycles. The number of carbonyl (C=O) groups excluding carboxylic acids is 2. The second kappa shape index (κ2) is 9.75. The van der Waals surface area contributed by atoms with Gasteiger partial charge in [0.05, 0.1) is 50.2 Å². The highest BCUT2D eigenvalue weighted by atomic mass is 16.5. The Morgan fingerprint density at radius 1 is 1.09 bits per heavy atom. The van der Waals surface area contributed by atoms with Gasteiger partial charge in [0.15, 0.2) is 0 Å². The average molecular weight is 445 g/mol. The number of nitriles is 1. The molecule has 0 saturated heterocycles. The van der Waals surface area contributed by atoms with E-state index in [4.69, 9.17) is 19.9 Å². The number of allylic oxidation sites excluding steroid dienone is 1. The fourth-order valence-electron chi connectivity index (χ4n) is 3.79. The van der Waals surface area contributed by atoms with Crippen molar-refractivity contribution in [2.45, 2.75) is 5.92 Å². The van der Waals surface area contributed by atoms with Crippen molar-refractivity contribution in [1.29, 1.82) is 5.26 Å². The van der Waals surface area contributed by atoms with Crippen LogP contribution in [0.4, 0.5) is 5.69 Å². The number of benzene rings is 2. The normalized spacial score (nSPS) is 15.6. The lowest BCUT2D eigenvalue weighted by Gasteiger charge is -2.36. The van der Waals surface area contributed by atoms with E-state index in [1.54, 1.807) is 54.6 Å². The Labute approximate surface area is 191 Å². The second-order valence-electron chi connectivity index (χ2n) is 6.96. The molecule has 0 fully saturated rings. The molecule has 0 radical (unpaired) electrons. The number of nitrogens with zero attached hydrogens (tertiary/aromatic N) is 2. The third-order valence-corrected chi connectivity index (χ3v) is 5.31. The minimum atomic E-state index is -0.931. The zero-order valence-corrected chi connectivity index (χ0v) is 18.5. The monoisotopic (exact) mass is 445 g/mol. The van der Waals surface area contributed by atoms with Gasteiger partial charge in [0.2, 0.25) is 0 Å². The van der Waals surface area contributed by atoms with Gasteiger partial charge in [-0.25, -0.2) is 9.59 Å². The summed E-state index contributed by atoms with van der Waals surface area (Å²) in [5.74, 6) is -2.01. The predicted molar refractivity (Wildman–Crippen MR) is 123 cm³/mol. The summed E-state index contributed by atoms with van der Waals surface area (Å²) in [4.78, 5) is 27.5. The van der Waals surface area contributed by atoms with Crippen molar-refractivity contribution in [3.05, 3.63) is 88.9 Å². The lowest BCUT2D eigenvalue weighted by Crippen LogP contribution is -2.41. The van der Waals surface area contributed by atoms with E-state index >= 15 is 0 Å². The smallest absolute Gasteiger partial charge is 0.355 e. The number of hydrogen-bond donors (Lipinski definition) is 1. The first-order valence-electron chi connectivity index (χ1n) is 9.89. The van der Waals surface area contributed by atoms with Gasteiger partial charge in [0.1, 0.15) is 17.3 Å². The molecule has 0 bridgehead atoms. The van der Waals surface area contributed by atoms with E-state index in [1.165, 1.54) is 26.2 Å². The molecule has 2 aromatic rings. The topological polar surface area (TPSA) is 115 Å². The number of rotatable bonds is 6. The lowest BCUT2D eigenvalue weighted by atomic mass is 9.80. The number of ether oxygens (including phenoxy) is 3. The summed E-state index contributed by atoms with van der Waals surface area (Å²) in [7, 11) is 3.92. The van der Waals surface area contributed by atoms with E-state index in [0.717, 1.165) is 0 Å². The highest BCUT2D eigenvalue weighted by molar-refractivity contribution is 6.06. The molecule has 2 aromatic carbocycles. The molecule has 1 heterocycles. The van der Waals surface area contributed by atoms with Crippen molar-refractivity contribution in [2.24, 2.45) is 5.73 Å². The number of esters is 2. The largest absolute Gasteiger partial charge is 0.497 e. The molecule has 1 unspecified atom stereocenters. The number of methoxy groups -OCH3 is 3. The number of nitrogens with two attached hydrogens (primary N) is 1. The van der Waals surface area contributed by atoms with E-state index in [0.29, 0.717) is 22.6 Å². The molecular formula is C25H23N3O5. The molecule has 0 spiro atoms. The molecule has 8 nitrogen and oxygen atoms in total. The maximum atomic E-state index is 13.1. The van der Waals surface area contributed by atoms with Crippen molar-refractivity contribution >= 4 is 23.7 Å². The molecule has 3 rings (SSSR count). The SMILES string of the molecule is C=Cc1cc(OC)ccc1N1C(N)=C(C#N)C(c2ccccc2)C(C(=O)OC)=C1C(=O)OC. The van der Waals surface area contributed by atoms with Crippen LogP contribution < -0.4 is 15.4 Å². The van der Waals surface area contributed by atoms with Crippen LogP contribution >= 0.6 is 0 Å². The van der Waals surface area contributed by atoms with Crippen LogP contribution in [-0.2, 0) is 19.1 Å². The van der Waals surface area contributed by atoms with Crippen LogP contribution in [0.25, 0.3) is 6.08 Å². The third kappa shape index (κ3) is 4.04. The first-order chi connectivity index (χ1) is 15.9. The van der Waals surface area contributed by atoms with Gasteiger partial charge >= 0.3 is 11.9 Å². The van der Waals surface area contributed by atoms with Crippen molar-refractivity contribution in [1.82, 2.24) is 0 Å². The molecule has 0 saturated carbocycles. The van der Waals surface area contributed by atoms with E-state index in [-0.39, 0.29) is 22.7 Å². The molecule has 33 heavy (non-hydrogen) atoms. The zero-order chi connectivity index (χ0) is 24.1. The zero-order valence-electron chi connectivity index (χ0n) is 18.5. The van der Waals surface area contributed by atoms with E-state index in [2.05, 4.69) is 12.6 Å². The van der Waals surface area contributed by atoms with Gasteiger partial charge in [-0.2, -0.15) is 5.26 Å². The van der Waals surface area contributed by atoms with Crippen LogP contribution in [0.5, 0.6) is 5.75 Å². The predicted octanol–water partition coefficient (Wildman–Crippen LogP) is 3.24. The summed E-state index contributed by atoms with van der Waals surface area (Å²) in [5, 5.41) is 10.1. The molecule has 2 N–H and O–H groups in total. The number of anilines is 1. The molecule has 1 aliphatic heterocycles. The van der Waals surface area contributed by atoms with Crippen LogP contribution in [-0.4, -0.2) is 33.3 Å². The van der Waals surface area contributed by atoms with E-state index < -0.39 is 17.9 Å². The van der Waals surface area contributed by atoms with Crippen molar-refractivity contribution in [3.63, 3.8) is 0 Å². The Morgan fingerprint density at radius 2 is 1.76 bits per heavy atom. The lowest BCUT2D eigenvalue weighted by molar-refractivity contribution is -0.139. The van der Waals surface area contributed by atoms with Gasteiger partial charge in [-0.15, -0.1) is 0 Å². The van der Waals surface area contributed by atoms with Crippen molar-refractivity contribution in [3.8, 4) is 11.8 Å². The van der Waals surface area contributed by atoms with Crippen LogP contribution in [0.3, 0.4) is 0 Å². The second-order valence-corrected chi connectivity index (χ2v) is 6.96. The minimum Gasteiger partial charge on any atom is -0.497 e. The quantitative estimate of drug-likeness (QED) is 0.674. The maximum Gasteiger partial charge on any atom is 0.355 e. The van der Waals surface area contributed by atoms with Crippen molar-refractivity contribution in [2.75, 3.05) is 26.2 Å². The van der Waals surface area contributed by atoms with Gasteiger partial charge in [-0.3, -0.25) is 4.90 Å². The first-order valence-corrected chi connectivity index (χ1v) is 9.89. The van der Waals surface area contributed by atoms with Gasteiger partial charge in [-0.05, 0) is 23.8 Å². The van der Waals surface area contributed by atoms with Crippen LogP contribution in [0.1, 0.15) is 17.0 Å². The van der Waals surface area contributed by atoms with Crippen molar-refractivity contribution < 1.29 is 23.8 Å². The highest BCUT2D eigenvalue weighted by Gasteiger charge is 2.43. The fourth-order valence-corrected chi connectivity index (χ4v) is 3.79. The summed E-state index contributed by atoms with van der Waals surface area (Å²) in [6.07, 6.45) is 1.55. The average Bonchev–Trinajstić information content (AvgIpc) is 2.87. The molecule has 0 aliphatic carbocycles. The third-order valence-electron chi connectivity index (χ3n) is 5.31. The number of hydrogen-bond acceptors (Lipinski definition) is 8. The van der Waals surface area contributed by atoms with Gasteiger partial charge in [-0.1, -0.05) is 43.0 Å². The van der Waals surface area contributed by atoms with Crippen LogP contribution in [0, 0.1) is 11.3 Å². The van der Waals surface area contributed by atoms with Crippen LogP contribution in [0.15, 0.2) is 77.8 Å². The Morgan fingerprint density at radius 3 is 2.30 bits per heavy atom. The Kier molecular flexibility index (Phi) is 6.84. The summed E-state index contributed by atoms with van der Waals surface area (Å²) < 4.78 is 15.3. The van der Waals surface area contributed by atoms with Gasteiger partial charge in [0.25, 0.3) is 0 Å². The molecule has 168 valence electrons. The Balaban J connectivity index is 2.44. The standard InChI is InChI=1S/C25H23N3O5/c1-5-15-13-17(31-2)11-12-19(15)28-22(25(30)33-4)21(24(29)32-3)20(18(14-26)23(28)27)16-9-7-6-8-10-16/h5-13,20H,1,27H2,2-4H3. The maximum absolute atomic E-state index is 13.1. The minimum absolute atomic E-state index is 0.0207. The summed E-state index contributed by atoms with van der Waals surface area (Å²) in [6, 6.07) is 15.9. The first kappa shape index (κ1) is 23.2. The summed E-state index contributed by atoms with van der Waals surface area (Å²) in [6.45, 7) is 3.82. The summed E-state index contributed by atoms with van der Waals surface area (Å²) in [5.41, 5.74) is 7.92. The molecular weight excluding hydrogens is 422 g/mol.